The maximum atomic E-state index is 12.6. The zero-order chi connectivity index (χ0) is 23.1. The summed E-state index contributed by atoms with van der Waals surface area (Å²) in [6, 6.07) is 7.37. The molecule has 0 aliphatic rings. The van der Waals surface area contributed by atoms with Crippen LogP contribution in [0.4, 0.5) is 0 Å². The minimum Gasteiger partial charge on any atom is -0.352 e. The molecule has 3 aromatic rings. The van der Waals surface area contributed by atoms with Crippen LogP contribution < -0.4 is 16.6 Å². The molecule has 0 unspecified atom stereocenters. The molecule has 0 atom stereocenters. The van der Waals surface area contributed by atoms with Gasteiger partial charge < -0.3 is 9.88 Å². The SMILES string of the molecule is CCCCn1c(CCC(=O)NCc2ccccc2Cl)nc2c1c(=O)[nH]c(=O)n2CCCC. The predicted molar refractivity (Wildman–Crippen MR) is 126 cm³/mol. The molecule has 0 aliphatic carbocycles. The van der Waals surface area contributed by atoms with Crippen molar-refractivity contribution in [3.05, 3.63) is 61.5 Å². The fourth-order valence-corrected chi connectivity index (χ4v) is 3.84. The summed E-state index contributed by atoms with van der Waals surface area (Å²) in [5.41, 5.74) is 0.774. The Balaban J connectivity index is 1.83. The van der Waals surface area contributed by atoms with Crippen molar-refractivity contribution in [1.82, 2.24) is 24.4 Å². The summed E-state index contributed by atoms with van der Waals surface area (Å²) in [6.07, 6.45) is 4.13. The summed E-state index contributed by atoms with van der Waals surface area (Å²) in [5, 5.41) is 3.49. The lowest BCUT2D eigenvalue weighted by Gasteiger charge is -2.09. The van der Waals surface area contributed by atoms with Crippen LogP contribution in [-0.4, -0.2) is 25.0 Å². The molecule has 8 nitrogen and oxygen atoms in total. The first kappa shape index (κ1) is 23.8. The van der Waals surface area contributed by atoms with Gasteiger partial charge in [-0.2, -0.15) is 0 Å². The van der Waals surface area contributed by atoms with Gasteiger partial charge in [-0.1, -0.05) is 56.5 Å². The van der Waals surface area contributed by atoms with Crippen LogP contribution in [0.3, 0.4) is 0 Å². The number of aromatic nitrogens is 4. The van der Waals surface area contributed by atoms with E-state index in [0.717, 1.165) is 31.2 Å². The molecule has 3 rings (SSSR count). The number of nitrogens with zero attached hydrogens (tertiary/aromatic N) is 3. The van der Waals surface area contributed by atoms with E-state index in [0.29, 0.717) is 48.1 Å². The average molecular weight is 460 g/mol. The van der Waals surface area contributed by atoms with Crippen LogP contribution >= 0.6 is 11.6 Å². The van der Waals surface area contributed by atoms with Crippen LogP contribution in [0, 0.1) is 0 Å². The molecule has 0 aliphatic heterocycles. The lowest BCUT2D eigenvalue weighted by molar-refractivity contribution is -0.121. The number of unbranched alkanes of at least 4 members (excludes halogenated alkanes) is 2. The summed E-state index contributed by atoms with van der Waals surface area (Å²) in [4.78, 5) is 44.6. The Hall–Kier alpha value is -2.87. The highest BCUT2D eigenvalue weighted by Crippen LogP contribution is 2.16. The molecule has 0 saturated carbocycles. The Bertz CT molecular complexity index is 1190. The summed E-state index contributed by atoms with van der Waals surface area (Å²) in [5.74, 6) is 0.513. The van der Waals surface area contributed by atoms with E-state index in [1.165, 1.54) is 4.57 Å². The third-order valence-corrected chi connectivity index (χ3v) is 5.81. The van der Waals surface area contributed by atoms with E-state index in [-0.39, 0.29) is 12.3 Å². The monoisotopic (exact) mass is 459 g/mol. The minimum absolute atomic E-state index is 0.128. The normalized spacial score (nSPS) is 11.2. The largest absolute Gasteiger partial charge is 0.352 e. The molecule has 0 bridgehead atoms. The van der Waals surface area contributed by atoms with Gasteiger partial charge in [0.2, 0.25) is 5.91 Å². The molecule has 0 fully saturated rings. The number of H-pyrrole nitrogens is 1. The van der Waals surface area contributed by atoms with Gasteiger partial charge in [-0.05, 0) is 24.5 Å². The Morgan fingerprint density at radius 2 is 1.78 bits per heavy atom. The van der Waals surface area contributed by atoms with Crippen molar-refractivity contribution in [1.29, 1.82) is 0 Å². The second kappa shape index (κ2) is 11.1. The highest BCUT2D eigenvalue weighted by atomic mass is 35.5. The first-order valence-corrected chi connectivity index (χ1v) is 11.6. The van der Waals surface area contributed by atoms with E-state index in [1.807, 2.05) is 29.7 Å². The number of hydrogen-bond donors (Lipinski definition) is 2. The molecule has 32 heavy (non-hydrogen) atoms. The molecule has 2 aromatic heterocycles. The van der Waals surface area contributed by atoms with Crippen LogP contribution in [0.15, 0.2) is 33.9 Å². The number of nitrogens with one attached hydrogen (secondary N) is 2. The number of halogens is 1. The number of carbonyl (C=O) groups is 1. The van der Waals surface area contributed by atoms with Gasteiger partial charge in [0, 0.05) is 37.5 Å². The first-order chi connectivity index (χ1) is 15.5. The van der Waals surface area contributed by atoms with Crippen molar-refractivity contribution in [2.45, 2.75) is 72.0 Å². The molecular formula is C23H30ClN5O3. The maximum Gasteiger partial charge on any atom is 0.330 e. The minimum atomic E-state index is -0.444. The number of imidazole rings is 1. The van der Waals surface area contributed by atoms with Gasteiger partial charge in [-0.3, -0.25) is 19.1 Å². The topological polar surface area (TPSA) is 102 Å². The zero-order valence-corrected chi connectivity index (χ0v) is 19.4. The average Bonchev–Trinajstić information content (AvgIpc) is 3.14. The van der Waals surface area contributed by atoms with Crippen LogP contribution in [0.1, 0.15) is 57.3 Å². The van der Waals surface area contributed by atoms with E-state index in [2.05, 4.69) is 22.2 Å². The van der Waals surface area contributed by atoms with Gasteiger partial charge in [0.05, 0.1) is 0 Å². The van der Waals surface area contributed by atoms with Crippen molar-refractivity contribution in [2.75, 3.05) is 0 Å². The fraction of sp³-hybridized carbons (Fsp3) is 0.478. The first-order valence-electron chi connectivity index (χ1n) is 11.2. The second-order valence-electron chi connectivity index (χ2n) is 7.84. The van der Waals surface area contributed by atoms with Crippen molar-refractivity contribution in [2.24, 2.45) is 0 Å². The molecular weight excluding hydrogens is 430 g/mol. The summed E-state index contributed by atoms with van der Waals surface area (Å²) in [7, 11) is 0. The third kappa shape index (κ3) is 5.48. The summed E-state index contributed by atoms with van der Waals surface area (Å²) < 4.78 is 3.39. The fourth-order valence-electron chi connectivity index (χ4n) is 3.64. The molecule has 0 saturated heterocycles. The van der Waals surface area contributed by atoms with Crippen molar-refractivity contribution < 1.29 is 4.79 Å². The van der Waals surface area contributed by atoms with Gasteiger partial charge in [-0.15, -0.1) is 0 Å². The lowest BCUT2D eigenvalue weighted by atomic mass is 10.2. The number of carbonyl (C=O) groups excluding carboxylic acids is 1. The van der Waals surface area contributed by atoms with E-state index in [1.54, 1.807) is 6.07 Å². The van der Waals surface area contributed by atoms with Crippen molar-refractivity contribution in [3.8, 4) is 0 Å². The molecule has 172 valence electrons. The molecule has 9 heteroatoms. The highest BCUT2D eigenvalue weighted by Gasteiger charge is 2.19. The smallest absolute Gasteiger partial charge is 0.330 e. The maximum absolute atomic E-state index is 12.6. The number of hydrogen-bond acceptors (Lipinski definition) is 4. The molecule has 0 radical (unpaired) electrons. The highest BCUT2D eigenvalue weighted by molar-refractivity contribution is 6.31. The Labute approximate surface area is 191 Å². The summed E-state index contributed by atoms with van der Waals surface area (Å²) in [6.45, 7) is 5.56. The van der Waals surface area contributed by atoms with E-state index >= 15 is 0 Å². The van der Waals surface area contributed by atoms with Gasteiger partial charge in [0.15, 0.2) is 11.2 Å². The number of aromatic amines is 1. The Kier molecular flexibility index (Phi) is 8.27. The quantitative estimate of drug-likeness (QED) is 0.458. The number of benzene rings is 1. The van der Waals surface area contributed by atoms with Crippen LogP contribution in [0.2, 0.25) is 5.02 Å². The van der Waals surface area contributed by atoms with E-state index < -0.39 is 11.2 Å². The molecule has 1 aromatic carbocycles. The van der Waals surface area contributed by atoms with Gasteiger partial charge in [-0.25, -0.2) is 9.78 Å². The van der Waals surface area contributed by atoms with Gasteiger partial charge in [0.1, 0.15) is 5.82 Å². The van der Waals surface area contributed by atoms with E-state index in [9.17, 15) is 14.4 Å². The number of aryl methyl sites for hydroxylation is 3. The summed E-state index contributed by atoms with van der Waals surface area (Å²) >= 11 is 6.15. The predicted octanol–water partition coefficient (Wildman–Crippen LogP) is 3.39. The number of amides is 1. The molecule has 1 amide bonds. The zero-order valence-electron chi connectivity index (χ0n) is 18.6. The van der Waals surface area contributed by atoms with Crippen LogP contribution in [0.5, 0.6) is 0 Å². The standard InChI is InChI=1S/C23H30ClN5O3/c1-3-5-13-28-18(11-12-19(30)25-15-16-9-7-8-10-17(16)24)26-21-20(28)22(31)27-23(32)29(21)14-6-4-2/h7-10H,3-6,11-15H2,1-2H3,(H,25,30)(H,27,31,32). The van der Waals surface area contributed by atoms with Gasteiger partial charge in [0.25, 0.3) is 5.56 Å². The van der Waals surface area contributed by atoms with E-state index in [4.69, 9.17) is 11.6 Å². The molecule has 2 heterocycles. The van der Waals surface area contributed by atoms with Crippen molar-refractivity contribution in [3.63, 3.8) is 0 Å². The van der Waals surface area contributed by atoms with Gasteiger partial charge >= 0.3 is 5.69 Å². The lowest BCUT2D eigenvalue weighted by Crippen LogP contribution is -2.31. The Morgan fingerprint density at radius 1 is 1.09 bits per heavy atom. The molecule has 0 spiro atoms. The van der Waals surface area contributed by atoms with Crippen molar-refractivity contribution >= 4 is 28.7 Å². The molecule has 2 N–H and O–H groups in total. The van der Waals surface area contributed by atoms with Crippen LogP contribution in [0.25, 0.3) is 11.2 Å². The second-order valence-corrected chi connectivity index (χ2v) is 8.25. The number of rotatable bonds is 11. The van der Waals surface area contributed by atoms with Crippen LogP contribution in [-0.2, 0) is 30.8 Å². The Morgan fingerprint density at radius 3 is 2.47 bits per heavy atom. The third-order valence-electron chi connectivity index (χ3n) is 5.44. The number of fused-ring (bicyclic) bond motifs is 1.